The maximum atomic E-state index is 5.96. The van der Waals surface area contributed by atoms with Gasteiger partial charge in [0.2, 0.25) is 0 Å². The first-order chi connectivity index (χ1) is 10.8. The highest BCUT2D eigenvalue weighted by molar-refractivity contribution is 5.93. The standard InChI is InChI=1S/C19H26O3/c1-4-6-7-13-21-17-12-11-16-10-8-9-15(5-2)18(16)19(17)22-14-20-3/h8-12H,4-7,13-14H2,1-3H3. The zero-order chi connectivity index (χ0) is 15.8. The fourth-order valence-corrected chi connectivity index (χ4v) is 2.60. The summed E-state index contributed by atoms with van der Waals surface area (Å²) in [5, 5.41) is 2.31. The van der Waals surface area contributed by atoms with Crippen molar-refractivity contribution in [1.29, 1.82) is 0 Å². The summed E-state index contributed by atoms with van der Waals surface area (Å²) in [6.07, 6.45) is 4.39. The molecule has 0 atom stereocenters. The van der Waals surface area contributed by atoms with Gasteiger partial charge in [0.15, 0.2) is 18.3 Å². The maximum Gasteiger partial charge on any atom is 0.188 e. The van der Waals surface area contributed by atoms with Crippen LogP contribution < -0.4 is 9.47 Å². The summed E-state index contributed by atoms with van der Waals surface area (Å²) >= 11 is 0. The van der Waals surface area contributed by atoms with E-state index in [1.165, 1.54) is 23.8 Å². The van der Waals surface area contributed by atoms with Crippen molar-refractivity contribution in [3.05, 3.63) is 35.9 Å². The van der Waals surface area contributed by atoms with E-state index in [1.807, 2.05) is 6.07 Å². The molecule has 0 fully saturated rings. The maximum absolute atomic E-state index is 5.96. The molecule has 0 heterocycles. The molecule has 0 aliphatic heterocycles. The Labute approximate surface area is 133 Å². The molecule has 0 spiro atoms. The van der Waals surface area contributed by atoms with Gasteiger partial charge in [0.25, 0.3) is 0 Å². The summed E-state index contributed by atoms with van der Waals surface area (Å²) in [5.74, 6) is 1.61. The number of unbranched alkanes of at least 4 members (excludes halogenated alkanes) is 2. The summed E-state index contributed by atoms with van der Waals surface area (Å²) < 4.78 is 16.9. The van der Waals surface area contributed by atoms with Crippen molar-refractivity contribution >= 4 is 10.8 Å². The van der Waals surface area contributed by atoms with Gasteiger partial charge in [-0.2, -0.15) is 0 Å². The zero-order valence-electron chi connectivity index (χ0n) is 13.9. The summed E-state index contributed by atoms with van der Waals surface area (Å²) in [5.41, 5.74) is 1.27. The third-order valence-corrected chi connectivity index (χ3v) is 3.76. The molecule has 120 valence electrons. The number of hydrogen-bond donors (Lipinski definition) is 0. The van der Waals surface area contributed by atoms with Crippen molar-refractivity contribution in [1.82, 2.24) is 0 Å². The van der Waals surface area contributed by atoms with Crippen LogP contribution in [-0.4, -0.2) is 20.5 Å². The lowest BCUT2D eigenvalue weighted by Crippen LogP contribution is -2.04. The highest BCUT2D eigenvalue weighted by atomic mass is 16.7. The van der Waals surface area contributed by atoms with Crippen molar-refractivity contribution in [3.63, 3.8) is 0 Å². The van der Waals surface area contributed by atoms with Crippen LogP contribution in [0.25, 0.3) is 10.8 Å². The van der Waals surface area contributed by atoms with Crippen LogP contribution in [0.1, 0.15) is 38.7 Å². The SMILES string of the molecule is CCCCCOc1ccc2cccc(CC)c2c1OCOC. The number of benzene rings is 2. The van der Waals surface area contributed by atoms with Crippen LogP contribution in [0, 0.1) is 0 Å². The van der Waals surface area contributed by atoms with Gasteiger partial charge >= 0.3 is 0 Å². The number of fused-ring (bicyclic) bond motifs is 1. The van der Waals surface area contributed by atoms with Crippen molar-refractivity contribution in [2.75, 3.05) is 20.5 Å². The van der Waals surface area contributed by atoms with Gasteiger partial charge in [0.05, 0.1) is 6.61 Å². The van der Waals surface area contributed by atoms with Crippen molar-refractivity contribution in [3.8, 4) is 11.5 Å². The van der Waals surface area contributed by atoms with Gasteiger partial charge < -0.3 is 14.2 Å². The molecule has 22 heavy (non-hydrogen) atoms. The predicted octanol–water partition coefficient (Wildman–Crippen LogP) is 4.95. The lowest BCUT2D eigenvalue weighted by Gasteiger charge is -2.16. The molecule has 2 aromatic carbocycles. The monoisotopic (exact) mass is 302 g/mol. The van der Waals surface area contributed by atoms with E-state index in [-0.39, 0.29) is 6.79 Å². The molecule has 2 rings (SSSR count). The van der Waals surface area contributed by atoms with E-state index in [0.29, 0.717) is 0 Å². The fourth-order valence-electron chi connectivity index (χ4n) is 2.60. The Bertz CT molecular complexity index is 592. The molecule has 0 aliphatic carbocycles. The molecule has 0 saturated carbocycles. The Morgan fingerprint density at radius 3 is 2.55 bits per heavy atom. The minimum atomic E-state index is 0.225. The zero-order valence-corrected chi connectivity index (χ0v) is 13.9. The Kier molecular flexibility index (Phi) is 6.53. The Balaban J connectivity index is 2.37. The van der Waals surface area contributed by atoms with Crippen LogP contribution in [0.15, 0.2) is 30.3 Å². The highest BCUT2D eigenvalue weighted by Gasteiger charge is 2.13. The molecule has 0 saturated heterocycles. The molecule has 0 bridgehead atoms. The fraction of sp³-hybridized carbons (Fsp3) is 0.474. The van der Waals surface area contributed by atoms with E-state index in [2.05, 4.69) is 38.1 Å². The molecule has 3 heteroatoms. The Morgan fingerprint density at radius 1 is 0.955 bits per heavy atom. The lowest BCUT2D eigenvalue weighted by molar-refractivity contribution is 0.0497. The molecule has 3 nitrogen and oxygen atoms in total. The van der Waals surface area contributed by atoms with E-state index in [9.17, 15) is 0 Å². The second-order valence-corrected chi connectivity index (χ2v) is 5.37. The smallest absolute Gasteiger partial charge is 0.188 e. The third kappa shape index (κ3) is 3.92. The first kappa shape index (κ1) is 16.6. The largest absolute Gasteiger partial charge is 0.490 e. The molecule has 0 amide bonds. The van der Waals surface area contributed by atoms with E-state index in [0.717, 1.165) is 36.3 Å². The second-order valence-electron chi connectivity index (χ2n) is 5.37. The number of methoxy groups -OCH3 is 1. The Hall–Kier alpha value is -1.74. The minimum absolute atomic E-state index is 0.225. The number of aryl methyl sites for hydroxylation is 1. The Morgan fingerprint density at radius 2 is 1.82 bits per heavy atom. The summed E-state index contributed by atoms with van der Waals surface area (Å²) in [6, 6.07) is 10.4. The van der Waals surface area contributed by atoms with Gasteiger partial charge in [-0.3, -0.25) is 0 Å². The van der Waals surface area contributed by atoms with Gasteiger partial charge in [-0.05, 0) is 29.9 Å². The van der Waals surface area contributed by atoms with Crippen LogP contribution in [0.3, 0.4) is 0 Å². The van der Waals surface area contributed by atoms with Crippen LogP contribution >= 0.6 is 0 Å². The van der Waals surface area contributed by atoms with Crippen LogP contribution in [-0.2, 0) is 11.2 Å². The first-order valence-electron chi connectivity index (χ1n) is 8.10. The average molecular weight is 302 g/mol. The topological polar surface area (TPSA) is 27.7 Å². The van der Waals surface area contributed by atoms with Crippen molar-refractivity contribution in [2.45, 2.75) is 39.5 Å². The normalized spacial score (nSPS) is 10.9. The van der Waals surface area contributed by atoms with E-state index in [1.54, 1.807) is 7.11 Å². The van der Waals surface area contributed by atoms with E-state index >= 15 is 0 Å². The van der Waals surface area contributed by atoms with Crippen LogP contribution in [0.5, 0.6) is 11.5 Å². The number of hydrogen-bond acceptors (Lipinski definition) is 3. The molecule has 0 aliphatic rings. The molecule has 0 radical (unpaired) electrons. The highest BCUT2D eigenvalue weighted by Crippen LogP contribution is 2.38. The van der Waals surface area contributed by atoms with Crippen molar-refractivity contribution in [2.24, 2.45) is 0 Å². The van der Waals surface area contributed by atoms with Crippen molar-refractivity contribution < 1.29 is 14.2 Å². The first-order valence-corrected chi connectivity index (χ1v) is 8.10. The molecule has 0 unspecified atom stereocenters. The van der Waals surface area contributed by atoms with E-state index in [4.69, 9.17) is 14.2 Å². The van der Waals surface area contributed by atoms with Crippen LogP contribution in [0.4, 0.5) is 0 Å². The van der Waals surface area contributed by atoms with Gasteiger partial charge in [-0.25, -0.2) is 0 Å². The van der Waals surface area contributed by atoms with Gasteiger partial charge in [-0.15, -0.1) is 0 Å². The molecule has 2 aromatic rings. The van der Waals surface area contributed by atoms with Gasteiger partial charge in [0.1, 0.15) is 0 Å². The number of rotatable bonds is 9. The predicted molar refractivity (Wildman–Crippen MR) is 90.9 cm³/mol. The molecule has 0 aromatic heterocycles. The molecular formula is C19H26O3. The van der Waals surface area contributed by atoms with E-state index < -0.39 is 0 Å². The summed E-state index contributed by atoms with van der Waals surface area (Å²) in [7, 11) is 1.63. The summed E-state index contributed by atoms with van der Waals surface area (Å²) in [4.78, 5) is 0. The number of ether oxygens (including phenoxy) is 3. The third-order valence-electron chi connectivity index (χ3n) is 3.76. The lowest BCUT2D eigenvalue weighted by atomic mass is 10.0. The second kappa shape index (κ2) is 8.64. The van der Waals surface area contributed by atoms with Gasteiger partial charge in [-0.1, -0.05) is 51.0 Å². The minimum Gasteiger partial charge on any atom is -0.490 e. The quantitative estimate of drug-likeness (QED) is 0.484. The van der Waals surface area contributed by atoms with Gasteiger partial charge in [0, 0.05) is 12.5 Å². The average Bonchev–Trinajstić information content (AvgIpc) is 2.56. The molecule has 0 N–H and O–H groups in total. The summed E-state index contributed by atoms with van der Waals surface area (Å²) in [6.45, 7) is 5.29. The van der Waals surface area contributed by atoms with Crippen LogP contribution in [0.2, 0.25) is 0 Å². The molecular weight excluding hydrogens is 276 g/mol.